The van der Waals surface area contributed by atoms with E-state index in [1.165, 1.54) is 6.07 Å². The van der Waals surface area contributed by atoms with E-state index in [0.29, 0.717) is 10.7 Å². The van der Waals surface area contributed by atoms with Crippen molar-refractivity contribution in [2.24, 2.45) is 0 Å². The van der Waals surface area contributed by atoms with Crippen LogP contribution >= 0.6 is 11.6 Å². The molecule has 2 heterocycles. The summed E-state index contributed by atoms with van der Waals surface area (Å²) in [6, 6.07) is 11.3. The molecule has 2 unspecified atom stereocenters. The van der Waals surface area contributed by atoms with Crippen LogP contribution in [0.4, 0.5) is 24.7 Å². The Morgan fingerprint density at radius 2 is 1.87 bits per heavy atom. The van der Waals surface area contributed by atoms with Crippen molar-refractivity contribution in [3.63, 3.8) is 0 Å². The number of nitrogens with one attached hydrogen (secondary N) is 2. The molecule has 9 heteroatoms. The second kappa shape index (κ2) is 7.92. The first-order valence-electron chi connectivity index (χ1n) is 9.68. The zero-order valence-electron chi connectivity index (χ0n) is 16.8. The Morgan fingerprint density at radius 3 is 2.52 bits per heavy atom. The van der Waals surface area contributed by atoms with Gasteiger partial charge in [-0.3, -0.25) is 4.79 Å². The van der Waals surface area contributed by atoms with E-state index in [-0.39, 0.29) is 17.9 Å². The maximum absolute atomic E-state index is 13.8. The first-order chi connectivity index (χ1) is 14.6. The van der Waals surface area contributed by atoms with Crippen molar-refractivity contribution in [1.82, 2.24) is 9.78 Å². The first kappa shape index (κ1) is 21.2. The predicted octanol–water partition coefficient (Wildman–Crippen LogP) is 6.07. The summed E-state index contributed by atoms with van der Waals surface area (Å²) in [5, 5.41) is 10.2. The number of hydrogen-bond donors (Lipinski definition) is 2. The lowest BCUT2D eigenvalue weighted by atomic mass is 9.96. The Hall–Kier alpha value is -3.00. The zero-order chi connectivity index (χ0) is 22.3. The van der Waals surface area contributed by atoms with E-state index in [1.807, 2.05) is 26.0 Å². The third-order valence-corrected chi connectivity index (χ3v) is 5.74. The lowest BCUT2D eigenvalue weighted by Gasteiger charge is -2.33. The van der Waals surface area contributed by atoms with Gasteiger partial charge in [-0.15, -0.1) is 0 Å². The molecule has 0 saturated carbocycles. The lowest BCUT2D eigenvalue weighted by Crippen LogP contribution is -2.35. The molecule has 2 aromatic carbocycles. The van der Waals surface area contributed by atoms with Crippen molar-refractivity contribution in [3.05, 3.63) is 75.9 Å². The molecule has 0 bridgehead atoms. The van der Waals surface area contributed by atoms with Crippen molar-refractivity contribution in [3.8, 4) is 0 Å². The van der Waals surface area contributed by atoms with E-state index in [1.54, 1.807) is 30.3 Å². The summed E-state index contributed by atoms with van der Waals surface area (Å²) in [5.41, 5.74) is 2.93. The van der Waals surface area contributed by atoms with Gasteiger partial charge in [-0.05, 0) is 37.1 Å². The van der Waals surface area contributed by atoms with Crippen molar-refractivity contribution in [1.29, 1.82) is 0 Å². The van der Waals surface area contributed by atoms with E-state index < -0.39 is 24.2 Å². The molecule has 1 amide bonds. The number of aryl methyl sites for hydroxylation is 2. The smallest absolute Gasteiger partial charge is 0.363 e. The van der Waals surface area contributed by atoms with Crippen molar-refractivity contribution in [2.75, 3.05) is 10.6 Å². The van der Waals surface area contributed by atoms with Gasteiger partial charge in [0.1, 0.15) is 5.82 Å². The molecule has 0 spiro atoms. The number of rotatable bonds is 3. The number of nitrogens with zero attached hydrogens (tertiary/aromatic N) is 2. The molecule has 31 heavy (non-hydrogen) atoms. The normalized spacial score (nSPS) is 18.3. The molecule has 0 saturated heterocycles. The quantitative estimate of drug-likeness (QED) is 0.511. The number of halogens is 4. The van der Waals surface area contributed by atoms with Crippen LogP contribution in [-0.4, -0.2) is 21.9 Å². The summed E-state index contributed by atoms with van der Waals surface area (Å²) in [5.74, 6) is -0.470. The Labute approximate surface area is 182 Å². The molecule has 0 aliphatic carbocycles. The SMILES string of the molecule is Cc1ccc(C2CC(C(F)(F)F)n3nc(C(=O)Nc4ccc(C)c(Cl)c4)cc3N2)cc1. The fourth-order valence-corrected chi connectivity index (χ4v) is 3.75. The van der Waals surface area contributed by atoms with Gasteiger partial charge in [0, 0.05) is 23.2 Å². The molecule has 0 radical (unpaired) electrons. The van der Waals surface area contributed by atoms with Crippen LogP contribution in [0.1, 0.15) is 45.7 Å². The number of fused-ring (bicyclic) bond motifs is 1. The van der Waals surface area contributed by atoms with E-state index in [0.717, 1.165) is 21.4 Å². The molecule has 162 valence electrons. The Balaban J connectivity index is 1.63. The molecule has 1 aliphatic heterocycles. The van der Waals surface area contributed by atoms with E-state index >= 15 is 0 Å². The van der Waals surface area contributed by atoms with E-state index in [2.05, 4.69) is 15.7 Å². The van der Waals surface area contributed by atoms with Crippen LogP contribution in [-0.2, 0) is 0 Å². The highest BCUT2D eigenvalue weighted by Gasteiger charge is 2.46. The van der Waals surface area contributed by atoms with Gasteiger partial charge < -0.3 is 10.6 Å². The average molecular weight is 449 g/mol. The topological polar surface area (TPSA) is 59.0 Å². The maximum Gasteiger partial charge on any atom is 0.410 e. The van der Waals surface area contributed by atoms with Gasteiger partial charge in [-0.1, -0.05) is 47.5 Å². The van der Waals surface area contributed by atoms with E-state index in [9.17, 15) is 18.0 Å². The summed E-state index contributed by atoms with van der Waals surface area (Å²) in [6.45, 7) is 3.74. The Kier molecular flexibility index (Phi) is 5.43. The molecule has 1 aliphatic rings. The largest absolute Gasteiger partial charge is 0.410 e. The van der Waals surface area contributed by atoms with Gasteiger partial charge in [0.25, 0.3) is 5.91 Å². The third kappa shape index (κ3) is 4.39. The van der Waals surface area contributed by atoms with Gasteiger partial charge in [0.05, 0.1) is 6.04 Å². The summed E-state index contributed by atoms with van der Waals surface area (Å²) in [4.78, 5) is 12.6. The lowest BCUT2D eigenvalue weighted by molar-refractivity contribution is -0.173. The maximum atomic E-state index is 13.8. The minimum Gasteiger partial charge on any atom is -0.363 e. The average Bonchev–Trinajstić information content (AvgIpc) is 3.14. The molecular formula is C22H20ClF3N4O. The summed E-state index contributed by atoms with van der Waals surface area (Å²) >= 11 is 6.07. The first-order valence-corrected chi connectivity index (χ1v) is 10.1. The fourth-order valence-electron chi connectivity index (χ4n) is 3.57. The molecule has 5 nitrogen and oxygen atoms in total. The number of aromatic nitrogens is 2. The third-order valence-electron chi connectivity index (χ3n) is 5.33. The minimum absolute atomic E-state index is 0.113. The van der Waals surface area contributed by atoms with Gasteiger partial charge in [-0.25, -0.2) is 4.68 Å². The standard InChI is InChI=1S/C22H20ClF3N4O/c1-12-3-6-14(7-4-12)17-10-19(22(24,25)26)30-20(28-17)11-18(29-30)21(31)27-15-8-5-13(2)16(23)9-15/h3-9,11,17,19,28H,10H2,1-2H3,(H,27,31). The number of carbonyl (C=O) groups excluding carboxylic acids is 1. The van der Waals surface area contributed by atoms with Crippen LogP contribution < -0.4 is 10.6 Å². The van der Waals surface area contributed by atoms with Crippen molar-refractivity contribution in [2.45, 2.75) is 38.5 Å². The van der Waals surface area contributed by atoms with Gasteiger partial charge in [0.2, 0.25) is 0 Å². The second-order valence-electron chi connectivity index (χ2n) is 7.68. The summed E-state index contributed by atoms with van der Waals surface area (Å²) in [6.07, 6.45) is -4.74. The zero-order valence-corrected chi connectivity index (χ0v) is 17.6. The Morgan fingerprint density at radius 1 is 1.16 bits per heavy atom. The van der Waals surface area contributed by atoms with Crippen molar-refractivity contribution >= 4 is 29.0 Å². The number of amides is 1. The monoisotopic (exact) mass is 448 g/mol. The number of hydrogen-bond acceptors (Lipinski definition) is 3. The molecular weight excluding hydrogens is 429 g/mol. The van der Waals surface area contributed by atoms with Crippen LogP contribution in [0.25, 0.3) is 0 Å². The highest BCUT2D eigenvalue weighted by Crippen LogP contribution is 2.43. The van der Waals surface area contributed by atoms with Crippen LogP contribution in [0.3, 0.4) is 0 Å². The van der Waals surface area contributed by atoms with Crippen LogP contribution in [0.5, 0.6) is 0 Å². The molecule has 1 aromatic heterocycles. The number of carbonyl (C=O) groups is 1. The Bertz CT molecular complexity index is 1120. The molecule has 0 fully saturated rings. The number of anilines is 2. The predicted molar refractivity (Wildman–Crippen MR) is 114 cm³/mol. The second-order valence-corrected chi connectivity index (χ2v) is 8.09. The molecule has 3 aromatic rings. The number of alkyl halides is 3. The summed E-state index contributed by atoms with van der Waals surface area (Å²) < 4.78 is 42.3. The summed E-state index contributed by atoms with van der Waals surface area (Å²) in [7, 11) is 0. The highest BCUT2D eigenvalue weighted by molar-refractivity contribution is 6.31. The van der Waals surface area contributed by atoms with E-state index in [4.69, 9.17) is 11.6 Å². The van der Waals surface area contributed by atoms with Gasteiger partial charge >= 0.3 is 6.18 Å². The highest BCUT2D eigenvalue weighted by atomic mass is 35.5. The van der Waals surface area contributed by atoms with Gasteiger partial charge in [-0.2, -0.15) is 18.3 Å². The number of benzene rings is 2. The molecule has 2 atom stereocenters. The van der Waals surface area contributed by atoms with Crippen LogP contribution in [0, 0.1) is 13.8 Å². The van der Waals surface area contributed by atoms with Crippen LogP contribution in [0.15, 0.2) is 48.5 Å². The molecule has 2 N–H and O–H groups in total. The minimum atomic E-state index is -4.51. The van der Waals surface area contributed by atoms with Gasteiger partial charge in [0.15, 0.2) is 11.7 Å². The van der Waals surface area contributed by atoms with Crippen LogP contribution in [0.2, 0.25) is 5.02 Å². The fraction of sp³-hybridized carbons (Fsp3) is 0.273. The van der Waals surface area contributed by atoms with Crippen molar-refractivity contribution < 1.29 is 18.0 Å². The molecule has 4 rings (SSSR count).